The molecule has 5 aromatic rings. The number of benzene rings is 1. The van der Waals surface area contributed by atoms with Crippen LogP contribution in [0.5, 0.6) is 5.75 Å². The number of aliphatic hydroxyl groups is 1. The van der Waals surface area contributed by atoms with Gasteiger partial charge >= 0.3 is 0 Å². The Morgan fingerprint density at radius 3 is 2.80 bits per heavy atom. The summed E-state index contributed by atoms with van der Waals surface area (Å²) in [6, 6.07) is 13.1. The van der Waals surface area contributed by atoms with Crippen LogP contribution >= 0.6 is 0 Å². The SMILES string of the molecule is O=C(c1cc2cc(Nc3nccc(-c4cc(OCc5cncn5CCO)ccn4)n3)ccc2[nH]1)N1CCNCC1. The second-order valence-corrected chi connectivity index (χ2v) is 9.39. The van der Waals surface area contributed by atoms with E-state index in [2.05, 4.69) is 35.6 Å². The van der Waals surface area contributed by atoms with Gasteiger partial charge in [-0.3, -0.25) is 9.78 Å². The smallest absolute Gasteiger partial charge is 0.270 e. The fourth-order valence-electron chi connectivity index (χ4n) is 4.63. The highest BCUT2D eigenvalue weighted by Gasteiger charge is 2.19. The number of hydrogen-bond acceptors (Lipinski definition) is 9. The Morgan fingerprint density at radius 2 is 1.93 bits per heavy atom. The second kappa shape index (κ2) is 11.5. The number of nitrogens with zero attached hydrogens (tertiary/aromatic N) is 6. The van der Waals surface area contributed by atoms with E-state index >= 15 is 0 Å². The zero-order chi connectivity index (χ0) is 27.3. The van der Waals surface area contributed by atoms with Gasteiger partial charge in [-0.05, 0) is 36.4 Å². The molecule has 1 amide bonds. The Morgan fingerprint density at radius 1 is 1.05 bits per heavy atom. The molecule has 0 spiro atoms. The fourth-order valence-corrected chi connectivity index (χ4v) is 4.63. The molecule has 1 fully saturated rings. The van der Waals surface area contributed by atoms with Crippen LogP contribution in [0.3, 0.4) is 0 Å². The summed E-state index contributed by atoms with van der Waals surface area (Å²) in [6.07, 6.45) is 6.73. The van der Waals surface area contributed by atoms with Crippen molar-refractivity contribution in [2.75, 3.05) is 38.1 Å². The summed E-state index contributed by atoms with van der Waals surface area (Å²) >= 11 is 0. The summed E-state index contributed by atoms with van der Waals surface area (Å²) in [7, 11) is 0. The molecule has 0 aliphatic carbocycles. The lowest BCUT2D eigenvalue weighted by atomic mass is 10.2. The minimum absolute atomic E-state index is 0.0118. The van der Waals surface area contributed by atoms with Gasteiger partial charge < -0.3 is 34.9 Å². The monoisotopic (exact) mass is 539 g/mol. The summed E-state index contributed by atoms with van der Waals surface area (Å²) in [6.45, 7) is 3.83. The lowest BCUT2D eigenvalue weighted by Crippen LogP contribution is -2.46. The number of piperazine rings is 1. The molecule has 40 heavy (non-hydrogen) atoms. The zero-order valence-electron chi connectivity index (χ0n) is 21.7. The maximum absolute atomic E-state index is 12.9. The normalized spacial score (nSPS) is 13.5. The summed E-state index contributed by atoms with van der Waals surface area (Å²) < 4.78 is 7.80. The van der Waals surface area contributed by atoms with Crippen LogP contribution in [0.15, 0.2) is 67.4 Å². The standard InChI is InChI=1S/C28H29N9O3/c38-12-11-37-18-30-16-21(37)17-40-22-3-5-31-25(15-22)24-4-6-32-28(35-24)33-20-1-2-23-19(13-20)14-26(34-23)27(39)36-9-7-29-8-10-36/h1-6,13-16,18,29,34,38H,7-12,17H2,(H,32,33,35). The third-order valence-electron chi connectivity index (χ3n) is 6.69. The van der Waals surface area contributed by atoms with Crippen LogP contribution in [0.2, 0.25) is 0 Å². The van der Waals surface area contributed by atoms with Crippen molar-refractivity contribution in [3.05, 3.63) is 78.8 Å². The third-order valence-corrected chi connectivity index (χ3v) is 6.69. The van der Waals surface area contributed by atoms with E-state index in [1.807, 2.05) is 39.8 Å². The number of H-pyrrole nitrogens is 1. The van der Waals surface area contributed by atoms with Gasteiger partial charge in [-0.2, -0.15) is 0 Å². The van der Waals surface area contributed by atoms with Gasteiger partial charge in [-0.1, -0.05) is 0 Å². The number of rotatable bonds is 9. The first-order valence-corrected chi connectivity index (χ1v) is 13.1. The van der Waals surface area contributed by atoms with E-state index < -0.39 is 0 Å². The first-order valence-electron chi connectivity index (χ1n) is 13.1. The Bertz CT molecular complexity index is 1620. The third kappa shape index (κ3) is 5.63. The highest BCUT2D eigenvalue weighted by Crippen LogP contribution is 2.25. The van der Waals surface area contributed by atoms with Gasteiger partial charge in [-0.15, -0.1) is 0 Å². The van der Waals surface area contributed by atoms with Gasteiger partial charge in [0.2, 0.25) is 5.95 Å². The molecule has 1 saturated heterocycles. The van der Waals surface area contributed by atoms with E-state index in [-0.39, 0.29) is 12.5 Å². The Hall–Kier alpha value is -4.81. The average Bonchev–Trinajstić information content (AvgIpc) is 3.63. The maximum Gasteiger partial charge on any atom is 0.270 e. The molecule has 4 N–H and O–H groups in total. The van der Waals surface area contributed by atoms with Gasteiger partial charge in [0.05, 0.1) is 36.2 Å². The molecule has 204 valence electrons. The van der Waals surface area contributed by atoms with E-state index in [1.165, 1.54) is 0 Å². The lowest BCUT2D eigenvalue weighted by Gasteiger charge is -2.26. The van der Waals surface area contributed by atoms with Crippen molar-refractivity contribution < 1.29 is 14.6 Å². The molecule has 6 rings (SSSR count). The number of anilines is 2. The quantitative estimate of drug-likeness (QED) is 0.222. The first kappa shape index (κ1) is 25.5. The van der Waals surface area contributed by atoms with Crippen molar-refractivity contribution in [1.29, 1.82) is 0 Å². The van der Waals surface area contributed by atoms with Crippen molar-refractivity contribution in [2.45, 2.75) is 13.2 Å². The van der Waals surface area contributed by atoms with E-state index in [9.17, 15) is 9.90 Å². The molecule has 1 aromatic carbocycles. The van der Waals surface area contributed by atoms with Gasteiger partial charge in [0.15, 0.2) is 0 Å². The zero-order valence-corrected chi connectivity index (χ0v) is 21.7. The lowest BCUT2D eigenvalue weighted by molar-refractivity contribution is 0.0731. The van der Waals surface area contributed by atoms with Crippen LogP contribution < -0.4 is 15.4 Å². The molecule has 5 heterocycles. The number of nitrogens with one attached hydrogen (secondary N) is 3. The van der Waals surface area contributed by atoms with Crippen LogP contribution in [0.25, 0.3) is 22.3 Å². The average molecular weight is 540 g/mol. The van der Waals surface area contributed by atoms with Crippen LogP contribution in [0.4, 0.5) is 11.6 Å². The maximum atomic E-state index is 12.9. The van der Waals surface area contributed by atoms with E-state index in [0.717, 1.165) is 35.4 Å². The van der Waals surface area contributed by atoms with Crippen molar-refractivity contribution in [3.8, 4) is 17.1 Å². The van der Waals surface area contributed by atoms with E-state index in [4.69, 9.17) is 4.74 Å². The molecule has 0 atom stereocenters. The van der Waals surface area contributed by atoms with E-state index in [1.54, 1.807) is 37.1 Å². The van der Waals surface area contributed by atoms with Crippen molar-refractivity contribution >= 4 is 28.4 Å². The topological polar surface area (TPSA) is 146 Å². The molecular formula is C28H29N9O3. The largest absolute Gasteiger partial charge is 0.487 e. The Kier molecular flexibility index (Phi) is 7.33. The minimum Gasteiger partial charge on any atom is -0.487 e. The number of imidazole rings is 1. The van der Waals surface area contributed by atoms with Crippen molar-refractivity contribution in [2.24, 2.45) is 0 Å². The predicted molar refractivity (Wildman–Crippen MR) is 149 cm³/mol. The van der Waals surface area contributed by atoms with Gasteiger partial charge in [0.1, 0.15) is 18.1 Å². The van der Waals surface area contributed by atoms with Crippen molar-refractivity contribution in [3.63, 3.8) is 0 Å². The number of carbonyl (C=O) groups excluding carboxylic acids is 1. The Labute approximate surface area is 230 Å². The summed E-state index contributed by atoms with van der Waals surface area (Å²) in [5.74, 6) is 1.07. The summed E-state index contributed by atoms with van der Waals surface area (Å²) in [5, 5.41) is 16.7. The number of aromatic nitrogens is 6. The van der Waals surface area contributed by atoms with Gasteiger partial charge in [0, 0.05) is 67.8 Å². The number of hydrogen-bond donors (Lipinski definition) is 4. The van der Waals surface area contributed by atoms with Gasteiger partial charge in [-0.25, -0.2) is 15.0 Å². The number of ether oxygens (including phenoxy) is 1. The van der Waals surface area contributed by atoms with Crippen molar-refractivity contribution in [1.82, 2.24) is 39.7 Å². The van der Waals surface area contributed by atoms with Crippen LogP contribution in [0.1, 0.15) is 16.2 Å². The number of aromatic amines is 1. The van der Waals surface area contributed by atoms with Crippen LogP contribution in [0, 0.1) is 0 Å². The summed E-state index contributed by atoms with van der Waals surface area (Å²) in [4.78, 5) is 35.6. The molecular weight excluding hydrogens is 510 g/mol. The molecule has 0 saturated carbocycles. The Balaban J connectivity index is 1.15. The molecule has 1 aliphatic heterocycles. The highest BCUT2D eigenvalue weighted by molar-refractivity contribution is 5.98. The van der Waals surface area contributed by atoms with E-state index in [0.29, 0.717) is 55.0 Å². The van der Waals surface area contributed by atoms with Crippen LogP contribution in [-0.2, 0) is 13.2 Å². The number of fused-ring (bicyclic) bond motifs is 1. The number of carbonyl (C=O) groups is 1. The fraction of sp³-hybridized carbons (Fsp3) is 0.250. The van der Waals surface area contributed by atoms with Crippen LogP contribution in [-0.4, -0.2) is 78.2 Å². The predicted octanol–water partition coefficient (Wildman–Crippen LogP) is 2.58. The first-order chi connectivity index (χ1) is 19.7. The molecule has 0 radical (unpaired) electrons. The second-order valence-electron chi connectivity index (χ2n) is 9.39. The minimum atomic E-state index is 0.0118. The number of pyridine rings is 1. The molecule has 0 bridgehead atoms. The molecule has 0 unspecified atom stereocenters. The highest BCUT2D eigenvalue weighted by atomic mass is 16.5. The number of amides is 1. The molecule has 12 heteroatoms. The van der Waals surface area contributed by atoms with Gasteiger partial charge in [0.25, 0.3) is 5.91 Å². The molecule has 12 nitrogen and oxygen atoms in total. The summed E-state index contributed by atoms with van der Waals surface area (Å²) in [5.41, 5.74) is 4.41. The molecule has 1 aliphatic rings. The number of aliphatic hydroxyl groups excluding tert-OH is 1. The molecule has 4 aromatic heterocycles.